The molecule has 36 heavy (non-hydrogen) atoms. The van der Waals surface area contributed by atoms with Gasteiger partial charge in [0, 0.05) is 6.54 Å². The Morgan fingerprint density at radius 2 is 1.64 bits per heavy atom. The quantitative estimate of drug-likeness (QED) is 0.351. The molecule has 1 aromatic heterocycles. The van der Waals surface area contributed by atoms with E-state index in [1.165, 1.54) is 10.5 Å². The Balaban J connectivity index is 1.38. The largest absolute Gasteiger partial charge is 0.496 e. The maximum atomic E-state index is 6.43. The highest BCUT2D eigenvalue weighted by Crippen LogP contribution is 2.29. The molecule has 1 N–H and O–H groups in total. The lowest BCUT2D eigenvalue weighted by Crippen LogP contribution is -3.14. The van der Waals surface area contributed by atoms with Crippen molar-refractivity contribution in [1.29, 1.82) is 0 Å². The number of nitrogens with one attached hydrogen (secondary N) is 1. The first-order valence-electron chi connectivity index (χ1n) is 12.3. The van der Waals surface area contributed by atoms with E-state index in [1.54, 1.807) is 7.11 Å². The number of rotatable bonds is 8. The number of piperazine rings is 1. The first-order chi connectivity index (χ1) is 17.6. The van der Waals surface area contributed by atoms with E-state index in [-0.39, 0.29) is 0 Å². The number of benzene rings is 3. The number of nitrogens with zero attached hydrogens (tertiary/aromatic N) is 4. The van der Waals surface area contributed by atoms with Crippen LogP contribution in [0.5, 0.6) is 5.75 Å². The molecule has 0 bridgehead atoms. The summed E-state index contributed by atoms with van der Waals surface area (Å²) in [6.07, 6.45) is 0.881. The van der Waals surface area contributed by atoms with Gasteiger partial charge in [-0.2, -0.15) is 4.68 Å². The number of hydrogen-bond acceptors (Lipinski definition) is 4. The van der Waals surface area contributed by atoms with E-state index in [0.29, 0.717) is 0 Å². The van der Waals surface area contributed by atoms with Crippen molar-refractivity contribution in [3.63, 3.8) is 0 Å². The molecule has 1 aliphatic heterocycles. The summed E-state index contributed by atoms with van der Waals surface area (Å²) in [7, 11) is 1.70. The van der Waals surface area contributed by atoms with Gasteiger partial charge in [0.15, 0.2) is 12.5 Å². The van der Waals surface area contributed by atoms with Gasteiger partial charge < -0.3 is 14.5 Å². The summed E-state index contributed by atoms with van der Waals surface area (Å²) >= 11 is 12.4. The van der Waals surface area contributed by atoms with Gasteiger partial charge in [-0.25, -0.2) is 0 Å². The van der Waals surface area contributed by atoms with Crippen molar-refractivity contribution in [2.75, 3.05) is 38.2 Å². The summed E-state index contributed by atoms with van der Waals surface area (Å²) in [5, 5.41) is 5.83. The number of para-hydroxylation sites is 2. The molecule has 6 nitrogen and oxygen atoms in total. The van der Waals surface area contributed by atoms with Gasteiger partial charge in [-0.3, -0.25) is 4.57 Å². The zero-order chi connectivity index (χ0) is 24.9. The Bertz CT molecular complexity index is 1360. The Morgan fingerprint density at radius 1 is 0.944 bits per heavy atom. The fourth-order valence-electron chi connectivity index (χ4n) is 4.80. The third-order valence-corrected chi connectivity index (χ3v) is 7.53. The van der Waals surface area contributed by atoms with Crippen LogP contribution in [0.2, 0.25) is 5.02 Å². The third-order valence-electron chi connectivity index (χ3n) is 6.77. The molecule has 0 unspecified atom stereocenters. The standard InChI is InChI=1S/C28H30ClN5OS/c1-35-26-14-8-5-11-23(26)27-30-34(28(36)33(27)16-15-22-9-3-2-4-10-22)21-31-17-19-32(20-18-31)25-13-7-6-12-24(25)29/h2-14H,15-21H2,1H3/p+1. The van der Waals surface area contributed by atoms with Gasteiger partial charge in [0.05, 0.1) is 49.6 Å². The van der Waals surface area contributed by atoms with Crippen LogP contribution in [0.4, 0.5) is 5.69 Å². The summed E-state index contributed by atoms with van der Waals surface area (Å²) in [6, 6.07) is 26.6. The second kappa shape index (κ2) is 11.3. The van der Waals surface area contributed by atoms with Crippen LogP contribution in [-0.4, -0.2) is 47.6 Å². The van der Waals surface area contributed by atoms with E-state index in [4.69, 9.17) is 33.7 Å². The van der Waals surface area contributed by atoms with Crippen LogP contribution in [0.1, 0.15) is 5.56 Å². The Kier molecular flexibility index (Phi) is 7.70. The minimum Gasteiger partial charge on any atom is -0.496 e. The molecule has 1 aliphatic rings. The van der Waals surface area contributed by atoms with E-state index < -0.39 is 0 Å². The monoisotopic (exact) mass is 520 g/mol. The van der Waals surface area contributed by atoms with Crippen LogP contribution >= 0.6 is 23.8 Å². The molecule has 0 spiro atoms. The fraction of sp³-hybridized carbons (Fsp3) is 0.286. The Morgan fingerprint density at radius 3 is 2.39 bits per heavy atom. The van der Waals surface area contributed by atoms with Gasteiger partial charge in [0.1, 0.15) is 5.75 Å². The van der Waals surface area contributed by atoms with Crippen LogP contribution in [0.3, 0.4) is 0 Å². The summed E-state index contributed by atoms with van der Waals surface area (Å²) in [5.74, 6) is 1.65. The summed E-state index contributed by atoms with van der Waals surface area (Å²) in [6.45, 7) is 5.37. The van der Waals surface area contributed by atoms with E-state index in [9.17, 15) is 0 Å². The minimum atomic E-state index is 0.732. The van der Waals surface area contributed by atoms with Crippen molar-refractivity contribution >= 4 is 29.5 Å². The van der Waals surface area contributed by atoms with Crippen LogP contribution in [0.15, 0.2) is 78.9 Å². The van der Waals surface area contributed by atoms with Gasteiger partial charge in [-0.05, 0) is 48.5 Å². The molecule has 186 valence electrons. The summed E-state index contributed by atoms with van der Waals surface area (Å²) < 4.78 is 10.5. The Labute approximate surface area is 222 Å². The number of anilines is 1. The highest BCUT2D eigenvalue weighted by Gasteiger charge is 2.24. The topological polar surface area (TPSA) is 39.7 Å². The lowest BCUT2D eigenvalue weighted by molar-refractivity contribution is -0.924. The minimum absolute atomic E-state index is 0.732. The zero-order valence-electron chi connectivity index (χ0n) is 20.4. The van der Waals surface area contributed by atoms with Gasteiger partial charge >= 0.3 is 0 Å². The number of methoxy groups -OCH3 is 1. The molecular formula is C28H31ClN5OS+. The van der Waals surface area contributed by atoms with E-state index in [0.717, 1.165) is 78.4 Å². The maximum Gasteiger partial charge on any atom is 0.203 e. The van der Waals surface area contributed by atoms with Gasteiger partial charge in [-0.1, -0.05) is 66.2 Å². The van der Waals surface area contributed by atoms with Crippen LogP contribution < -0.4 is 14.5 Å². The predicted octanol–water partition coefficient (Wildman–Crippen LogP) is 4.35. The Hall–Kier alpha value is -3.13. The number of ether oxygens (including phenoxy) is 1. The van der Waals surface area contributed by atoms with Crippen LogP contribution in [-0.2, 0) is 19.6 Å². The maximum absolute atomic E-state index is 6.43. The lowest BCUT2D eigenvalue weighted by Gasteiger charge is -2.33. The molecule has 2 heterocycles. The number of quaternary nitrogens is 1. The highest BCUT2D eigenvalue weighted by atomic mass is 35.5. The van der Waals surface area contributed by atoms with Gasteiger partial charge in [0.2, 0.25) is 4.77 Å². The molecule has 0 amide bonds. The van der Waals surface area contributed by atoms with E-state index in [1.807, 2.05) is 47.1 Å². The molecule has 0 atom stereocenters. The first kappa shape index (κ1) is 24.6. The van der Waals surface area contributed by atoms with E-state index >= 15 is 0 Å². The second-order valence-corrected chi connectivity index (χ2v) is 9.81. The first-order valence-corrected chi connectivity index (χ1v) is 13.1. The van der Waals surface area contributed by atoms with Crippen LogP contribution in [0, 0.1) is 4.77 Å². The predicted molar refractivity (Wildman–Crippen MR) is 148 cm³/mol. The van der Waals surface area contributed by atoms with Crippen molar-refractivity contribution in [3.05, 3.63) is 94.2 Å². The molecule has 4 aromatic rings. The number of aromatic nitrogens is 3. The normalized spacial score (nSPS) is 14.2. The van der Waals surface area contributed by atoms with Crippen molar-refractivity contribution in [3.8, 4) is 17.1 Å². The van der Waals surface area contributed by atoms with Crippen molar-refractivity contribution in [1.82, 2.24) is 14.3 Å². The van der Waals surface area contributed by atoms with Gasteiger partial charge in [-0.15, -0.1) is 5.10 Å². The molecular weight excluding hydrogens is 490 g/mol. The second-order valence-electron chi connectivity index (χ2n) is 9.04. The fourth-order valence-corrected chi connectivity index (χ4v) is 5.34. The number of halogens is 1. The average Bonchev–Trinajstić information content (AvgIpc) is 3.23. The molecule has 0 aliphatic carbocycles. The molecule has 3 aromatic carbocycles. The number of hydrogen-bond donors (Lipinski definition) is 1. The highest BCUT2D eigenvalue weighted by molar-refractivity contribution is 7.71. The summed E-state index contributed by atoms with van der Waals surface area (Å²) in [5.41, 5.74) is 3.34. The smallest absolute Gasteiger partial charge is 0.203 e. The SMILES string of the molecule is COc1ccccc1-c1nn(C[NH+]2CCN(c3ccccc3Cl)CC2)c(=S)n1CCc1ccccc1. The van der Waals surface area contributed by atoms with Crippen molar-refractivity contribution < 1.29 is 9.64 Å². The zero-order valence-corrected chi connectivity index (χ0v) is 22.0. The average molecular weight is 521 g/mol. The lowest BCUT2D eigenvalue weighted by atomic mass is 10.1. The summed E-state index contributed by atoms with van der Waals surface area (Å²) in [4.78, 5) is 3.82. The molecule has 0 saturated carbocycles. The van der Waals surface area contributed by atoms with E-state index in [2.05, 4.69) is 45.9 Å². The van der Waals surface area contributed by atoms with Crippen molar-refractivity contribution in [2.24, 2.45) is 0 Å². The molecule has 5 rings (SSSR count). The third kappa shape index (κ3) is 5.33. The number of aryl methyl sites for hydroxylation is 1. The molecule has 0 radical (unpaired) electrons. The van der Waals surface area contributed by atoms with Crippen molar-refractivity contribution in [2.45, 2.75) is 19.6 Å². The molecule has 1 fully saturated rings. The van der Waals surface area contributed by atoms with Gasteiger partial charge in [0.25, 0.3) is 0 Å². The van der Waals surface area contributed by atoms with Crippen LogP contribution in [0.25, 0.3) is 11.4 Å². The molecule has 1 saturated heterocycles. The molecule has 8 heteroatoms.